The number of allylic oxidation sites excluding steroid dienone is 2. The third kappa shape index (κ3) is 6.99. The van der Waals surface area contributed by atoms with E-state index in [4.69, 9.17) is 4.65 Å². The molecule has 252 valence electrons. The van der Waals surface area contributed by atoms with Gasteiger partial charge in [-0.3, -0.25) is 9.59 Å². The molecule has 1 aliphatic carbocycles. The molecule has 3 aliphatic rings. The van der Waals surface area contributed by atoms with E-state index in [1.807, 2.05) is 13.8 Å². The Morgan fingerprint density at radius 2 is 1.66 bits per heavy atom. The molecule has 2 aromatic carbocycles. The number of alkyl halides is 6. The number of hydrogen-bond donors (Lipinski definition) is 2. The lowest BCUT2D eigenvalue weighted by Gasteiger charge is -2.43. The highest BCUT2D eigenvalue weighted by Crippen LogP contribution is 2.52. The Labute approximate surface area is 267 Å². The Morgan fingerprint density at radius 3 is 2.23 bits per heavy atom. The van der Waals surface area contributed by atoms with Crippen molar-refractivity contribution in [2.24, 2.45) is 17.8 Å². The van der Waals surface area contributed by atoms with Crippen LogP contribution in [0.5, 0.6) is 5.75 Å². The molecule has 2 saturated heterocycles. The van der Waals surface area contributed by atoms with E-state index in [-0.39, 0.29) is 18.8 Å². The molecule has 6 nitrogen and oxygen atoms in total. The molecule has 0 unspecified atom stereocenters. The zero-order chi connectivity index (χ0) is 34.4. The molecule has 2 N–H and O–H groups in total. The summed E-state index contributed by atoms with van der Waals surface area (Å²) >= 11 is 0. The van der Waals surface area contributed by atoms with E-state index in [0.717, 1.165) is 16.7 Å². The number of nitrogens with zero attached hydrogens (tertiary/aromatic N) is 1. The number of benzene rings is 2. The normalized spacial score (nSPS) is 23.8. The van der Waals surface area contributed by atoms with E-state index < -0.39 is 83.5 Å². The van der Waals surface area contributed by atoms with Gasteiger partial charge in [-0.2, -0.15) is 26.3 Å². The number of imide groups is 1. The third-order valence-corrected chi connectivity index (χ3v) is 9.21. The van der Waals surface area contributed by atoms with Gasteiger partial charge in [0.15, 0.2) is 11.6 Å². The predicted molar refractivity (Wildman–Crippen MR) is 159 cm³/mol. The molecular formula is C33H33BF7NO5. The van der Waals surface area contributed by atoms with Gasteiger partial charge in [0.1, 0.15) is 0 Å². The average Bonchev–Trinajstić information content (AvgIpc) is 3.24. The molecule has 0 aromatic heterocycles. The van der Waals surface area contributed by atoms with Gasteiger partial charge in [0.05, 0.1) is 34.8 Å². The van der Waals surface area contributed by atoms with E-state index in [1.54, 1.807) is 12.1 Å². The van der Waals surface area contributed by atoms with E-state index in [0.29, 0.717) is 54.7 Å². The van der Waals surface area contributed by atoms with Crippen LogP contribution in [0.25, 0.3) is 6.08 Å². The van der Waals surface area contributed by atoms with Crippen molar-refractivity contribution in [2.75, 3.05) is 4.90 Å². The summed E-state index contributed by atoms with van der Waals surface area (Å²) in [5, 5.41) is 20.3. The number of hydrogen-bond acceptors (Lipinski definition) is 5. The average molecular weight is 667 g/mol. The number of fused-ring (bicyclic) bond motifs is 3. The number of amides is 2. The summed E-state index contributed by atoms with van der Waals surface area (Å²) in [6.07, 6.45) is -6.69. The van der Waals surface area contributed by atoms with E-state index in [9.17, 15) is 50.5 Å². The van der Waals surface area contributed by atoms with Crippen LogP contribution in [0.1, 0.15) is 69.1 Å². The molecule has 2 heterocycles. The molecule has 4 atom stereocenters. The predicted octanol–water partition coefficient (Wildman–Crippen LogP) is 7.94. The van der Waals surface area contributed by atoms with Crippen LogP contribution >= 0.6 is 0 Å². The summed E-state index contributed by atoms with van der Waals surface area (Å²) in [5.74, 6) is -5.90. The number of anilines is 1. The number of rotatable bonds is 8. The van der Waals surface area contributed by atoms with Crippen molar-refractivity contribution < 1.29 is 55.1 Å². The Bertz CT molecular complexity index is 1590. The van der Waals surface area contributed by atoms with Crippen molar-refractivity contribution in [3.8, 4) is 5.75 Å². The van der Waals surface area contributed by atoms with E-state index in [2.05, 4.69) is 0 Å². The second-order valence-electron chi connectivity index (χ2n) is 12.2. The Hall–Kier alpha value is -3.65. The number of halogens is 7. The minimum absolute atomic E-state index is 0.0583. The van der Waals surface area contributed by atoms with Gasteiger partial charge in [-0.05, 0) is 85.8 Å². The molecule has 2 aromatic rings. The van der Waals surface area contributed by atoms with Crippen LogP contribution in [-0.4, -0.2) is 35.2 Å². The van der Waals surface area contributed by atoms with E-state index in [1.165, 1.54) is 12.1 Å². The lowest BCUT2D eigenvalue weighted by molar-refractivity contribution is -0.143. The highest BCUT2D eigenvalue weighted by Gasteiger charge is 2.58. The zero-order valence-electron chi connectivity index (χ0n) is 25.6. The summed E-state index contributed by atoms with van der Waals surface area (Å²) < 4.78 is 102. The van der Waals surface area contributed by atoms with Gasteiger partial charge < -0.3 is 14.8 Å². The molecule has 5 rings (SSSR count). The monoisotopic (exact) mass is 667 g/mol. The fraction of sp³-hybridized carbons (Fsp3) is 0.455. The zero-order valence-corrected chi connectivity index (χ0v) is 25.6. The largest absolute Gasteiger partial charge is 0.505 e. The molecule has 0 bridgehead atoms. The molecule has 0 radical (unpaired) electrons. The second kappa shape index (κ2) is 13.1. The molecule has 2 fully saturated rings. The van der Waals surface area contributed by atoms with Gasteiger partial charge in [0, 0.05) is 0 Å². The van der Waals surface area contributed by atoms with Crippen molar-refractivity contribution in [1.82, 2.24) is 0 Å². The van der Waals surface area contributed by atoms with Gasteiger partial charge in [0.2, 0.25) is 11.8 Å². The first kappa shape index (κ1) is 34.7. The number of carbonyl (C=O) groups excluding carboxylic acids is 2. The van der Waals surface area contributed by atoms with Crippen molar-refractivity contribution in [1.29, 1.82) is 0 Å². The SMILES string of the molecule is CCCC1=C2[C@@H](CC/C(=C/c3ccc(O)c(F)c3)CC)OB(O)C[C@@H]2[C@@H]2C(=O)N(c3cc(C(F)(F)F)cc(C(F)(F)F)c3)C(=O)[C@@H]2C1. The van der Waals surface area contributed by atoms with Gasteiger partial charge in [-0.15, -0.1) is 0 Å². The lowest BCUT2D eigenvalue weighted by atomic mass is 9.58. The molecule has 0 spiro atoms. The fourth-order valence-corrected chi connectivity index (χ4v) is 7.14. The number of phenols is 1. The fourth-order valence-electron chi connectivity index (χ4n) is 7.14. The highest BCUT2D eigenvalue weighted by atomic mass is 19.4. The molecular weight excluding hydrogens is 634 g/mol. The van der Waals surface area contributed by atoms with Crippen LogP contribution in [0, 0.1) is 23.6 Å². The Morgan fingerprint density at radius 1 is 1.00 bits per heavy atom. The lowest BCUT2D eigenvalue weighted by Crippen LogP contribution is -2.46. The van der Waals surface area contributed by atoms with Crippen LogP contribution in [-0.2, 0) is 26.6 Å². The summed E-state index contributed by atoms with van der Waals surface area (Å²) in [7, 11) is -1.34. The van der Waals surface area contributed by atoms with Crippen molar-refractivity contribution in [3.05, 3.63) is 75.6 Å². The van der Waals surface area contributed by atoms with Gasteiger partial charge in [0.25, 0.3) is 0 Å². The maximum atomic E-state index is 13.9. The summed E-state index contributed by atoms with van der Waals surface area (Å²) in [6, 6.07) is 4.70. The minimum atomic E-state index is -5.17. The van der Waals surface area contributed by atoms with Gasteiger partial charge in [-0.1, -0.05) is 43.6 Å². The first-order valence-electron chi connectivity index (χ1n) is 15.4. The quantitative estimate of drug-likeness (QED) is 0.129. The number of aromatic hydroxyl groups is 1. The van der Waals surface area contributed by atoms with Gasteiger partial charge >= 0.3 is 19.5 Å². The topological polar surface area (TPSA) is 87.1 Å². The molecule has 47 heavy (non-hydrogen) atoms. The molecule has 2 aliphatic heterocycles. The van der Waals surface area contributed by atoms with Crippen LogP contribution in [0.4, 0.5) is 36.4 Å². The van der Waals surface area contributed by atoms with Gasteiger partial charge in [-0.25, -0.2) is 9.29 Å². The third-order valence-electron chi connectivity index (χ3n) is 9.21. The van der Waals surface area contributed by atoms with E-state index >= 15 is 0 Å². The Kier molecular flexibility index (Phi) is 9.67. The minimum Gasteiger partial charge on any atom is -0.505 e. The van der Waals surface area contributed by atoms with Crippen molar-refractivity contribution in [2.45, 2.75) is 77.1 Å². The number of carbonyl (C=O) groups is 2. The maximum Gasteiger partial charge on any atom is 0.455 e. The summed E-state index contributed by atoms with van der Waals surface area (Å²) in [5.41, 5.74) is -1.09. The van der Waals surface area contributed by atoms with Crippen molar-refractivity contribution in [3.63, 3.8) is 0 Å². The second-order valence-corrected chi connectivity index (χ2v) is 12.2. The maximum absolute atomic E-state index is 13.9. The highest BCUT2D eigenvalue weighted by molar-refractivity contribution is 6.43. The first-order chi connectivity index (χ1) is 22.0. The first-order valence-corrected chi connectivity index (χ1v) is 15.4. The standard InChI is InChI=1S/C33H33BF7NO5/c1-3-5-19-12-23-29(31(45)42(30(23)44)22-14-20(32(36,37)38)13-21(15-22)33(39,40)41)24-16-34(46)47-27(28(19)24)9-7-17(4-2)10-18-6-8-26(43)25(35)11-18/h6,8,10-11,13-15,23-24,27,29,43,46H,3-5,7,9,12,16H2,1-2H3/b17-10+/t23-,24+,27-,29-/m1/s1. The summed E-state index contributed by atoms with van der Waals surface area (Å²) in [4.78, 5) is 28.1. The van der Waals surface area contributed by atoms with Crippen LogP contribution in [0.15, 0.2) is 53.1 Å². The van der Waals surface area contributed by atoms with Crippen LogP contribution in [0.2, 0.25) is 6.32 Å². The summed E-state index contributed by atoms with van der Waals surface area (Å²) in [6.45, 7) is 3.82. The van der Waals surface area contributed by atoms with Crippen LogP contribution in [0.3, 0.4) is 0 Å². The molecule has 0 saturated carbocycles. The molecule has 2 amide bonds. The van der Waals surface area contributed by atoms with Crippen LogP contribution < -0.4 is 4.90 Å². The Balaban J connectivity index is 1.48. The van der Waals surface area contributed by atoms with Crippen molar-refractivity contribution >= 4 is 30.7 Å². The number of phenolic OH excluding ortho intramolecular Hbond substituents is 1. The molecule has 14 heteroatoms. The smallest absolute Gasteiger partial charge is 0.455 e.